The Balaban J connectivity index is 1.71. The second kappa shape index (κ2) is 7.48. The highest BCUT2D eigenvalue weighted by atomic mass is 16.5. The van der Waals surface area contributed by atoms with Crippen molar-refractivity contribution in [2.45, 2.75) is 0 Å². The molecule has 0 bridgehead atoms. The second-order valence-corrected chi connectivity index (χ2v) is 5.10. The molecule has 1 N–H and O–H groups in total. The van der Waals surface area contributed by atoms with E-state index in [0.717, 1.165) is 10.9 Å². The van der Waals surface area contributed by atoms with Crippen LogP contribution in [-0.4, -0.2) is 36.7 Å². The van der Waals surface area contributed by atoms with Gasteiger partial charge in [-0.2, -0.15) is 0 Å². The standard InChI is InChI=1S/C18H17N3O4/c1-23-12-7-8-16(24-2)15(9-12)21-17(22)10-25-18-13-5-3-4-6-14(13)19-11-20-18/h3-9,11H,10H2,1-2H3,(H,21,22). The molecule has 0 radical (unpaired) electrons. The minimum Gasteiger partial charge on any atom is -0.497 e. The molecule has 0 fully saturated rings. The van der Waals surface area contributed by atoms with Gasteiger partial charge in [-0.3, -0.25) is 4.79 Å². The Hall–Kier alpha value is -3.35. The highest BCUT2D eigenvalue weighted by Crippen LogP contribution is 2.29. The molecule has 0 aliphatic rings. The van der Waals surface area contributed by atoms with Crippen LogP contribution in [-0.2, 0) is 4.79 Å². The topological polar surface area (TPSA) is 82.6 Å². The highest BCUT2D eigenvalue weighted by Gasteiger charge is 2.11. The highest BCUT2D eigenvalue weighted by molar-refractivity contribution is 5.94. The summed E-state index contributed by atoms with van der Waals surface area (Å²) in [5, 5.41) is 3.49. The number of carbonyl (C=O) groups excluding carboxylic acids is 1. The molecular weight excluding hydrogens is 322 g/mol. The van der Waals surface area contributed by atoms with Crippen molar-refractivity contribution < 1.29 is 19.0 Å². The van der Waals surface area contributed by atoms with Crippen LogP contribution in [0.2, 0.25) is 0 Å². The van der Waals surface area contributed by atoms with Crippen LogP contribution in [0.4, 0.5) is 5.69 Å². The molecule has 1 heterocycles. The van der Waals surface area contributed by atoms with E-state index in [0.29, 0.717) is 23.1 Å². The number of methoxy groups -OCH3 is 2. The number of nitrogens with one attached hydrogen (secondary N) is 1. The number of amides is 1. The van der Waals surface area contributed by atoms with Gasteiger partial charge in [0.05, 0.1) is 30.8 Å². The predicted molar refractivity (Wildman–Crippen MR) is 93.2 cm³/mol. The van der Waals surface area contributed by atoms with E-state index in [-0.39, 0.29) is 12.5 Å². The van der Waals surface area contributed by atoms with Crippen molar-refractivity contribution in [1.82, 2.24) is 9.97 Å². The molecule has 7 nitrogen and oxygen atoms in total. The summed E-state index contributed by atoms with van der Waals surface area (Å²) in [5.74, 6) is 1.16. The average molecular weight is 339 g/mol. The quantitative estimate of drug-likeness (QED) is 0.743. The van der Waals surface area contributed by atoms with E-state index in [2.05, 4.69) is 15.3 Å². The number of rotatable bonds is 6. The first-order valence-electron chi connectivity index (χ1n) is 7.55. The monoisotopic (exact) mass is 339 g/mol. The minimum absolute atomic E-state index is 0.193. The molecule has 1 amide bonds. The number of nitrogens with zero attached hydrogens (tertiary/aromatic N) is 2. The summed E-state index contributed by atoms with van der Waals surface area (Å²) in [6.45, 7) is -0.193. The molecule has 0 saturated carbocycles. The lowest BCUT2D eigenvalue weighted by molar-refractivity contribution is -0.118. The maximum absolute atomic E-state index is 12.2. The van der Waals surface area contributed by atoms with Crippen molar-refractivity contribution in [3.63, 3.8) is 0 Å². The largest absolute Gasteiger partial charge is 0.497 e. The van der Waals surface area contributed by atoms with Gasteiger partial charge in [-0.25, -0.2) is 9.97 Å². The number of aromatic nitrogens is 2. The Morgan fingerprint density at radius 2 is 1.92 bits per heavy atom. The summed E-state index contributed by atoms with van der Waals surface area (Å²) in [4.78, 5) is 20.5. The summed E-state index contributed by atoms with van der Waals surface area (Å²) < 4.78 is 15.9. The maximum atomic E-state index is 12.2. The van der Waals surface area contributed by atoms with Gasteiger partial charge in [-0.05, 0) is 24.3 Å². The van der Waals surface area contributed by atoms with Crippen molar-refractivity contribution in [3.8, 4) is 17.4 Å². The summed E-state index contributed by atoms with van der Waals surface area (Å²) >= 11 is 0. The van der Waals surface area contributed by atoms with Gasteiger partial charge in [0.2, 0.25) is 5.88 Å². The third-order valence-corrected chi connectivity index (χ3v) is 3.53. The number of hydrogen-bond acceptors (Lipinski definition) is 6. The average Bonchev–Trinajstić information content (AvgIpc) is 2.66. The maximum Gasteiger partial charge on any atom is 0.262 e. The number of ether oxygens (including phenoxy) is 3. The van der Waals surface area contributed by atoms with Crippen LogP contribution in [0.5, 0.6) is 17.4 Å². The third kappa shape index (κ3) is 3.77. The first-order chi connectivity index (χ1) is 12.2. The van der Waals surface area contributed by atoms with Crippen LogP contribution in [0.1, 0.15) is 0 Å². The number of anilines is 1. The fourth-order valence-corrected chi connectivity index (χ4v) is 2.33. The van der Waals surface area contributed by atoms with Crippen LogP contribution in [0.3, 0.4) is 0 Å². The molecule has 2 aromatic carbocycles. The lowest BCUT2D eigenvalue weighted by Crippen LogP contribution is -2.21. The number of para-hydroxylation sites is 1. The zero-order valence-electron chi connectivity index (χ0n) is 13.9. The normalized spacial score (nSPS) is 10.3. The lowest BCUT2D eigenvalue weighted by atomic mass is 10.2. The number of benzene rings is 2. The van der Waals surface area contributed by atoms with Gasteiger partial charge in [0.15, 0.2) is 6.61 Å². The molecule has 0 saturated heterocycles. The van der Waals surface area contributed by atoms with Crippen LogP contribution in [0, 0.1) is 0 Å². The number of carbonyl (C=O) groups is 1. The van der Waals surface area contributed by atoms with E-state index in [1.165, 1.54) is 13.4 Å². The molecule has 0 unspecified atom stereocenters. The molecule has 0 spiro atoms. The summed E-state index contributed by atoms with van der Waals surface area (Å²) in [7, 11) is 3.08. The molecule has 3 rings (SSSR count). The Labute approximate surface area is 144 Å². The van der Waals surface area contributed by atoms with E-state index in [1.807, 2.05) is 24.3 Å². The smallest absolute Gasteiger partial charge is 0.262 e. The fraction of sp³-hybridized carbons (Fsp3) is 0.167. The van der Waals surface area contributed by atoms with Crippen molar-refractivity contribution in [1.29, 1.82) is 0 Å². The van der Waals surface area contributed by atoms with Crippen molar-refractivity contribution in [2.75, 3.05) is 26.1 Å². The summed E-state index contributed by atoms with van der Waals surface area (Å²) in [6, 6.07) is 12.6. The van der Waals surface area contributed by atoms with Crippen molar-refractivity contribution in [2.24, 2.45) is 0 Å². The number of hydrogen-bond donors (Lipinski definition) is 1. The Bertz CT molecular complexity index is 893. The van der Waals surface area contributed by atoms with Gasteiger partial charge >= 0.3 is 0 Å². The van der Waals surface area contributed by atoms with Gasteiger partial charge < -0.3 is 19.5 Å². The summed E-state index contributed by atoms with van der Waals surface area (Å²) in [5.41, 5.74) is 1.25. The van der Waals surface area contributed by atoms with Crippen LogP contribution < -0.4 is 19.5 Å². The summed E-state index contributed by atoms with van der Waals surface area (Å²) in [6.07, 6.45) is 1.40. The molecule has 0 atom stereocenters. The number of fused-ring (bicyclic) bond motifs is 1. The van der Waals surface area contributed by atoms with Gasteiger partial charge in [0, 0.05) is 6.07 Å². The first-order valence-corrected chi connectivity index (χ1v) is 7.55. The molecule has 0 aliphatic heterocycles. The van der Waals surface area contributed by atoms with Gasteiger partial charge in [0.1, 0.15) is 17.8 Å². The first kappa shape index (κ1) is 16.5. The zero-order valence-corrected chi connectivity index (χ0v) is 13.9. The lowest BCUT2D eigenvalue weighted by Gasteiger charge is -2.12. The van der Waals surface area contributed by atoms with Crippen LogP contribution in [0.25, 0.3) is 10.9 Å². The van der Waals surface area contributed by atoms with Gasteiger partial charge in [-0.1, -0.05) is 12.1 Å². The molecule has 128 valence electrons. The molecular formula is C18H17N3O4. The SMILES string of the molecule is COc1ccc(OC)c(NC(=O)COc2ncnc3ccccc23)c1. The Morgan fingerprint density at radius 3 is 2.72 bits per heavy atom. The molecule has 3 aromatic rings. The molecule has 1 aromatic heterocycles. The molecule has 25 heavy (non-hydrogen) atoms. The zero-order chi connectivity index (χ0) is 17.6. The van der Waals surface area contributed by atoms with E-state index in [4.69, 9.17) is 14.2 Å². The van der Waals surface area contributed by atoms with Crippen molar-refractivity contribution in [3.05, 3.63) is 48.8 Å². The van der Waals surface area contributed by atoms with E-state index >= 15 is 0 Å². The third-order valence-electron chi connectivity index (χ3n) is 3.53. The van der Waals surface area contributed by atoms with Gasteiger partial charge in [0.25, 0.3) is 5.91 Å². The molecule has 0 aliphatic carbocycles. The van der Waals surface area contributed by atoms with Crippen LogP contribution in [0.15, 0.2) is 48.8 Å². The molecule has 7 heteroatoms. The van der Waals surface area contributed by atoms with E-state index < -0.39 is 0 Å². The van der Waals surface area contributed by atoms with Crippen LogP contribution >= 0.6 is 0 Å². The second-order valence-electron chi connectivity index (χ2n) is 5.10. The fourth-order valence-electron chi connectivity index (χ4n) is 2.33. The predicted octanol–water partition coefficient (Wildman–Crippen LogP) is 2.66. The Kier molecular flexibility index (Phi) is 4.94. The Morgan fingerprint density at radius 1 is 1.08 bits per heavy atom. The minimum atomic E-state index is -0.339. The van der Waals surface area contributed by atoms with Crippen molar-refractivity contribution >= 4 is 22.5 Å². The van der Waals surface area contributed by atoms with E-state index in [9.17, 15) is 4.79 Å². The van der Waals surface area contributed by atoms with E-state index in [1.54, 1.807) is 25.3 Å². The van der Waals surface area contributed by atoms with Gasteiger partial charge in [-0.15, -0.1) is 0 Å².